The quantitative estimate of drug-likeness (QED) is 0.361. The summed E-state index contributed by atoms with van der Waals surface area (Å²) in [5.74, 6) is -0.0991. The smallest absolute Gasteiger partial charge is 0.142 e. The molecule has 3 unspecified atom stereocenters. The maximum atomic E-state index is 13.7. The molecule has 4 aliphatic rings. The first kappa shape index (κ1) is 27.9. The van der Waals surface area contributed by atoms with Crippen LogP contribution in [0.4, 0.5) is 4.39 Å². The SMILES string of the molecule is ONC1=NC=NC2C1CC(C1CCCCCCCCC1)N2[C@@H]1O[C@H]([C@H](O)c2ccc(F)c(Cl)c2)[C@@H](O)[C@H]1O. The minimum Gasteiger partial charge on any atom is -0.387 e. The topological polar surface area (TPSA) is 130 Å². The van der Waals surface area contributed by atoms with E-state index in [1.165, 1.54) is 50.6 Å². The van der Waals surface area contributed by atoms with Crippen LogP contribution < -0.4 is 5.48 Å². The molecule has 0 bridgehead atoms. The van der Waals surface area contributed by atoms with Crippen molar-refractivity contribution in [3.63, 3.8) is 0 Å². The summed E-state index contributed by atoms with van der Waals surface area (Å²) in [5.41, 5.74) is 2.51. The van der Waals surface area contributed by atoms with E-state index in [4.69, 9.17) is 16.3 Å². The van der Waals surface area contributed by atoms with E-state index in [1.807, 2.05) is 4.90 Å². The summed E-state index contributed by atoms with van der Waals surface area (Å²) >= 11 is 5.92. The Balaban J connectivity index is 1.42. The number of nitrogens with zero attached hydrogens (tertiary/aromatic N) is 3. The highest BCUT2D eigenvalue weighted by molar-refractivity contribution is 6.30. The van der Waals surface area contributed by atoms with Crippen LogP contribution in [0.1, 0.15) is 75.9 Å². The molecule has 11 heteroatoms. The highest BCUT2D eigenvalue weighted by atomic mass is 35.5. The number of hydrogen-bond donors (Lipinski definition) is 5. The van der Waals surface area contributed by atoms with Crippen molar-refractivity contribution < 1.29 is 29.7 Å². The van der Waals surface area contributed by atoms with Gasteiger partial charge in [-0.25, -0.2) is 14.3 Å². The Hall–Kier alpha value is -1.66. The Kier molecular flexibility index (Phi) is 8.99. The van der Waals surface area contributed by atoms with Crippen LogP contribution in [-0.2, 0) is 4.74 Å². The van der Waals surface area contributed by atoms with Crippen LogP contribution in [-0.4, -0.2) is 74.3 Å². The minimum absolute atomic E-state index is 0.0266. The van der Waals surface area contributed by atoms with Gasteiger partial charge in [-0.2, -0.15) is 0 Å². The maximum Gasteiger partial charge on any atom is 0.142 e. The first-order valence-electron chi connectivity index (χ1n) is 13.8. The largest absolute Gasteiger partial charge is 0.387 e. The Morgan fingerprint density at radius 2 is 1.74 bits per heavy atom. The van der Waals surface area contributed by atoms with E-state index in [2.05, 4.69) is 15.5 Å². The van der Waals surface area contributed by atoms with E-state index in [9.17, 15) is 24.9 Å². The maximum absolute atomic E-state index is 13.7. The monoisotopic (exact) mass is 552 g/mol. The highest BCUT2D eigenvalue weighted by Gasteiger charge is 2.57. The summed E-state index contributed by atoms with van der Waals surface area (Å²) in [6, 6.07) is 3.81. The van der Waals surface area contributed by atoms with Crippen molar-refractivity contribution in [1.82, 2.24) is 10.4 Å². The van der Waals surface area contributed by atoms with Gasteiger partial charge < -0.3 is 20.1 Å². The summed E-state index contributed by atoms with van der Waals surface area (Å²) in [5, 5.41) is 42.9. The van der Waals surface area contributed by atoms with Crippen LogP contribution in [0.5, 0.6) is 0 Å². The van der Waals surface area contributed by atoms with Crippen molar-refractivity contribution in [2.45, 2.75) is 107 Å². The molecule has 0 radical (unpaired) electrons. The predicted octanol–water partition coefficient (Wildman–Crippen LogP) is 3.54. The molecule has 1 aliphatic carbocycles. The highest BCUT2D eigenvalue weighted by Crippen LogP contribution is 2.45. The number of aliphatic imine (C=N–C) groups is 2. The van der Waals surface area contributed by atoms with Crippen LogP contribution in [0, 0.1) is 17.7 Å². The normalized spacial score (nSPS) is 36.1. The number of benzene rings is 1. The van der Waals surface area contributed by atoms with Crippen molar-refractivity contribution in [2.75, 3.05) is 0 Å². The average molecular weight is 553 g/mol. The lowest BCUT2D eigenvalue weighted by atomic mass is 9.84. The number of hydrogen-bond acceptors (Lipinski definition) is 9. The fourth-order valence-corrected chi connectivity index (χ4v) is 6.98. The van der Waals surface area contributed by atoms with Gasteiger partial charge >= 0.3 is 0 Å². The molecule has 0 aromatic heterocycles. The molecule has 5 rings (SSSR count). The van der Waals surface area contributed by atoms with Crippen molar-refractivity contribution in [1.29, 1.82) is 0 Å². The number of fused-ring (bicyclic) bond motifs is 1. The number of nitrogens with one attached hydrogen (secondary N) is 1. The number of amidine groups is 1. The van der Waals surface area contributed by atoms with Gasteiger partial charge in [-0.05, 0) is 42.9 Å². The Morgan fingerprint density at radius 1 is 1.05 bits per heavy atom. The second-order valence-electron chi connectivity index (χ2n) is 11.1. The molecular formula is C27H38ClFN4O5. The number of ether oxygens (including phenoxy) is 1. The summed E-state index contributed by atoms with van der Waals surface area (Å²) in [6.45, 7) is 0. The van der Waals surface area contributed by atoms with Crippen LogP contribution >= 0.6 is 11.6 Å². The molecule has 3 aliphatic heterocycles. The van der Waals surface area contributed by atoms with Crippen LogP contribution in [0.25, 0.3) is 0 Å². The van der Waals surface area contributed by atoms with E-state index >= 15 is 0 Å². The fraction of sp³-hybridized carbons (Fsp3) is 0.704. The third-order valence-electron chi connectivity index (χ3n) is 8.79. The van der Waals surface area contributed by atoms with E-state index in [0.29, 0.717) is 18.2 Å². The molecule has 0 amide bonds. The number of likely N-dealkylation sites (tertiary alicyclic amines) is 1. The van der Waals surface area contributed by atoms with Crippen molar-refractivity contribution >= 4 is 23.8 Å². The molecular weight excluding hydrogens is 515 g/mol. The number of aliphatic hydroxyl groups is 3. The second-order valence-corrected chi connectivity index (χ2v) is 11.5. The molecule has 5 N–H and O–H groups in total. The molecule has 1 aromatic rings. The lowest BCUT2D eigenvalue weighted by Crippen LogP contribution is -2.53. The molecule has 3 heterocycles. The van der Waals surface area contributed by atoms with Gasteiger partial charge in [0, 0.05) is 6.04 Å². The summed E-state index contributed by atoms with van der Waals surface area (Å²) < 4.78 is 19.9. The standard InChI is InChI=1S/C27H38ClFN4O5/c28-18-12-16(10-11-19(18)29)21(34)24-22(35)23(36)27(38-24)33-20(13-17-25(32-37)30-14-31-26(17)33)15-8-6-4-2-1-3-5-7-9-15/h10-12,14-15,17,20-24,26-27,34-37H,1-9,13H2,(H,30,31,32)/t17?,20?,21-,22+,23-,24-,26?,27-/m1/s1. The molecule has 210 valence electrons. The first-order valence-corrected chi connectivity index (χ1v) is 14.2. The van der Waals surface area contributed by atoms with Gasteiger partial charge in [0.2, 0.25) is 0 Å². The van der Waals surface area contributed by atoms with E-state index in [-0.39, 0.29) is 22.5 Å². The summed E-state index contributed by atoms with van der Waals surface area (Å²) in [6.07, 6.45) is 5.94. The van der Waals surface area contributed by atoms with E-state index in [1.54, 1.807) is 0 Å². The molecule has 9 nitrogen and oxygen atoms in total. The van der Waals surface area contributed by atoms with E-state index in [0.717, 1.165) is 31.7 Å². The first-order chi connectivity index (χ1) is 18.4. The molecule has 3 fully saturated rings. The van der Waals surface area contributed by atoms with Gasteiger partial charge in [0.05, 0.1) is 10.9 Å². The third-order valence-corrected chi connectivity index (χ3v) is 9.07. The zero-order valence-corrected chi connectivity index (χ0v) is 22.1. The fourth-order valence-electron chi connectivity index (χ4n) is 6.79. The lowest BCUT2D eigenvalue weighted by molar-refractivity contribution is -0.137. The number of halogens is 2. The van der Waals surface area contributed by atoms with Crippen molar-refractivity contribution in [2.24, 2.45) is 21.8 Å². The summed E-state index contributed by atoms with van der Waals surface area (Å²) in [4.78, 5) is 10.9. The molecule has 0 spiro atoms. The third kappa shape index (κ3) is 5.50. The van der Waals surface area contributed by atoms with Gasteiger partial charge in [0.15, 0.2) is 0 Å². The average Bonchev–Trinajstić information content (AvgIpc) is 3.45. The van der Waals surface area contributed by atoms with Crippen molar-refractivity contribution in [3.05, 3.63) is 34.6 Å². The molecule has 38 heavy (non-hydrogen) atoms. The number of aliphatic hydroxyl groups excluding tert-OH is 3. The van der Waals surface area contributed by atoms with Crippen LogP contribution in [0.2, 0.25) is 5.02 Å². The second kappa shape index (κ2) is 12.2. The molecule has 1 saturated carbocycles. The minimum atomic E-state index is -1.39. The Bertz CT molecular complexity index is 1020. The molecule has 1 aromatic carbocycles. The molecule has 8 atom stereocenters. The Labute approximate surface area is 227 Å². The zero-order chi connectivity index (χ0) is 26.8. The zero-order valence-electron chi connectivity index (χ0n) is 21.4. The van der Waals surface area contributed by atoms with Gasteiger partial charge in [0.1, 0.15) is 54.8 Å². The van der Waals surface area contributed by atoms with E-state index < -0.39 is 42.6 Å². The predicted molar refractivity (Wildman–Crippen MR) is 140 cm³/mol. The van der Waals surface area contributed by atoms with Crippen LogP contribution in [0.3, 0.4) is 0 Å². The van der Waals surface area contributed by atoms with Gasteiger partial charge in [0.25, 0.3) is 0 Å². The molecule has 2 saturated heterocycles. The van der Waals surface area contributed by atoms with Crippen LogP contribution in [0.15, 0.2) is 28.2 Å². The van der Waals surface area contributed by atoms with Gasteiger partial charge in [-0.15, -0.1) is 0 Å². The Morgan fingerprint density at radius 3 is 2.39 bits per heavy atom. The lowest BCUT2D eigenvalue weighted by Gasteiger charge is -2.39. The summed E-state index contributed by atoms with van der Waals surface area (Å²) in [7, 11) is 0. The van der Waals surface area contributed by atoms with Gasteiger partial charge in [-0.1, -0.05) is 62.6 Å². The van der Waals surface area contributed by atoms with Crippen molar-refractivity contribution in [3.8, 4) is 0 Å². The van der Waals surface area contributed by atoms with Gasteiger partial charge in [-0.3, -0.25) is 15.7 Å². The number of rotatable bonds is 4. The number of hydroxylamine groups is 1.